The summed E-state index contributed by atoms with van der Waals surface area (Å²) in [6, 6.07) is 3.95. The summed E-state index contributed by atoms with van der Waals surface area (Å²) in [5.41, 5.74) is 0. The standard InChI is InChI=1S/C38H58O4S2/c1-5-7-9-11-13-15-17-19-21-23-25-41-35-36(42-26-24-22-20-18-16-14-12-10-8-6-2)38-32(28-34(44-38)30(4)40)31-27-33(29(3)39)43-37(31)35/h27-28H,5-26H2,1-4H3. The van der Waals surface area contributed by atoms with Gasteiger partial charge in [-0.1, -0.05) is 129 Å². The second-order valence-electron chi connectivity index (χ2n) is 12.5. The van der Waals surface area contributed by atoms with E-state index in [-0.39, 0.29) is 11.6 Å². The average molecular weight is 643 g/mol. The molecule has 0 saturated carbocycles. The van der Waals surface area contributed by atoms with Gasteiger partial charge in [-0.05, 0) is 38.8 Å². The summed E-state index contributed by atoms with van der Waals surface area (Å²) in [6.07, 6.45) is 25.6. The van der Waals surface area contributed by atoms with Gasteiger partial charge in [-0.15, -0.1) is 22.7 Å². The number of carbonyl (C=O) groups excluding carboxylic acids is 2. The van der Waals surface area contributed by atoms with Crippen LogP contribution in [-0.2, 0) is 0 Å². The Morgan fingerprint density at radius 1 is 0.500 bits per heavy atom. The first-order valence-electron chi connectivity index (χ1n) is 17.8. The lowest BCUT2D eigenvalue weighted by Crippen LogP contribution is -2.03. The topological polar surface area (TPSA) is 52.6 Å². The van der Waals surface area contributed by atoms with Crippen molar-refractivity contribution in [3.05, 3.63) is 21.9 Å². The van der Waals surface area contributed by atoms with Crippen LogP contribution in [-0.4, -0.2) is 24.8 Å². The normalized spacial score (nSPS) is 11.5. The molecule has 0 radical (unpaired) electrons. The van der Waals surface area contributed by atoms with Crippen molar-refractivity contribution in [3.63, 3.8) is 0 Å². The molecule has 44 heavy (non-hydrogen) atoms. The van der Waals surface area contributed by atoms with Crippen molar-refractivity contribution >= 4 is 54.4 Å². The smallest absolute Gasteiger partial charge is 0.180 e. The molecular weight excluding hydrogens is 585 g/mol. The lowest BCUT2D eigenvalue weighted by Gasteiger charge is -2.15. The SMILES string of the molecule is CCCCCCCCCCCCOc1c(OCCCCCCCCCCCC)c2sc(C(C)=O)cc2c2cc(C(C)=O)sc12. The van der Waals surface area contributed by atoms with Crippen LogP contribution in [0.3, 0.4) is 0 Å². The second kappa shape index (κ2) is 21.0. The Balaban J connectivity index is 1.65. The van der Waals surface area contributed by atoms with Crippen LogP contribution in [0.5, 0.6) is 11.5 Å². The number of carbonyl (C=O) groups is 2. The molecule has 0 atom stereocenters. The molecule has 0 aliphatic heterocycles. The molecule has 0 unspecified atom stereocenters. The molecule has 0 aliphatic carbocycles. The number of ether oxygens (including phenoxy) is 2. The Labute approximate surface area is 275 Å². The Morgan fingerprint density at radius 2 is 0.795 bits per heavy atom. The van der Waals surface area contributed by atoms with Gasteiger partial charge >= 0.3 is 0 Å². The predicted molar refractivity (Wildman–Crippen MR) is 192 cm³/mol. The zero-order chi connectivity index (χ0) is 31.6. The summed E-state index contributed by atoms with van der Waals surface area (Å²) in [4.78, 5) is 26.2. The molecule has 0 N–H and O–H groups in total. The number of unbranched alkanes of at least 4 members (excludes halogenated alkanes) is 18. The second-order valence-corrected chi connectivity index (χ2v) is 14.6. The summed E-state index contributed by atoms with van der Waals surface area (Å²) < 4.78 is 15.0. The quantitative estimate of drug-likeness (QED) is 0.0646. The summed E-state index contributed by atoms with van der Waals surface area (Å²) in [5.74, 6) is 1.61. The van der Waals surface area contributed by atoms with Crippen molar-refractivity contribution < 1.29 is 19.1 Å². The van der Waals surface area contributed by atoms with Crippen LogP contribution in [0.15, 0.2) is 12.1 Å². The number of rotatable bonds is 26. The van der Waals surface area contributed by atoms with E-state index in [2.05, 4.69) is 13.8 Å². The minimum atomic E-state index is 0.0508. The third kappa shape index (κ3) is 11.8. The molecule has 0 fully saturated rings. The lowest BCUT2D eigenvalue weighted by atomic mass is 10.1. The Hall–Kier alpha value is -1.92. The summed E-state index contributed by atoms with van der Waals surface area (Å²) in [6.45, 7) is 9.02. The molecule has 2 heterocycles. The van der Waals surface area contributed by atoms with E-state index in [9.17, 15) is 9.59 Å². The van der Waals surface area contributed by atoms with E-state index in [1.807, 2.05) is 12.1 Å². The van der Waals surface area contributed by atoms with Crippen molar-refractivity contribution in [2.75, 3.05) is 13.2 Å². The van der Waals surface area contributed by atoms with Crippen LogP contribution >= 0.6 is 22.7 Å². The fraction of sp³-hybridized carbons (Fsp3) is 0.684. The number of hydrogen-bond acceptors (Lipinski definition) is 6. The first kappa shape index (κ1) is 36.5. The number of Topliss-reactive ketones (excluding diaryl/α,β-unsaturated/α-hetero) is 2. The van der Waals surface area contributed by atoms with Crippen LogP contribution < -0.4 is 9.47 Å². The third-order valence-corrected chi connectivity index (χ3v) is 11.0. The minimum Gasteiger partial charge on any atom is -0.488 e. The molecule has 0 spiro atoms. The zero-order valence-electron chi connectivity index (χ0n) is 28.2. The van der Waals surface area contributed by atoms with Crippen LogP contribution in [0.4, 0.5) is 0 Å². The van der Waals surface area contributed by atoms with Gasteiger partial charge in [-0.25, -0.2) is 0 Å². The molecule has 0 bridgehead atoms. The average Bonchev–Trinajstić information content (AvgIpc) is 3.65. The fourth-order valence-corrected chi connectivity index (χ4v) is 7.99. The highest BCUT2D eigenvalue weighted by Crippen LogP contribution is 2.50. The van der Waals surface area contributed by atoms with Gasteiger partial charge in [0, 0.05) is 10.8 Å². The maximum absolute atomic E-state index is 12.4. The minimum absolute atomic E-state index is 0.0508. The highest BCUT2D eigenvalue weighted by Gasteiger charge is 2.23. The van der Waals surface area contributed by atoms with E-state index < -0.39 is 0 Å². The highest BCUT2D eigenvalue weighted by molar-refractivity contribution is 7.23. The molecule has 3 aromatic rings. The van der Waals surface area contributed by atoms with Gasteiger partial charge in [0.1, 0.15) is 0 Å². The van der Waals surface area contributed by atoms with Crippen LogP contribution in [0.1, 0.15) is 175 Å². The summed E-state index contributed by atoms with van der Waals surface area (Å²) >= 11 is 2.97. The third-order valence-electron chi connectivity index (χ3n) is 8.56. The molecule has 2 aromatic heterocycles. The van der Waals surface area contributed by atoms with Gasteiger partial charge in [0.15, 0.2) is 23.1 Å². The zero-order valence-corrected chi connectivity index (χ0v) is 29.8. The van der Waals surface area contributed by atoms with Crippen molar-refractivity contribution in [2.24, 2.45) is 0 Å². The maximum atomic E-state index is 12.4. The fourth-order valence-electron chi connectivity index (χ4n) is 5.86. The van der Waals surface area contributed by atoms with Gasteiger partial charge in [0.2, 0.25) is 0 Å². The van der Waals surface area contributed by atoms with Crippen molar-refractivity contribution in [1.82, 2.24) is 0 Å². The Bertz CT molecular complexity index is 1170. The molecule has 246 valence electrons. The van der Waals surface area contributed by atoms with Crippen molar-refractivity contribution in [3.8, 4) is 11.5 Å². The largest absolute Gasteiger partial charge is 0.488 e. The summed E-state index contributed by atoms with van der Waals surface area (Å²) in [5, 5.41) is 1.98. The van der Waals surface area contributed by atoms with Crippen LogP contribution in [0.25, 0.3) is 20.2 Å². The van der Waals surface area contributed by atoms with Gasteiger partial charge < -0.3 is 9.47 Å². The van der Waals surface area contributed by atoms with Crippen molar-refractivity contribution in [2.45, 2.75) is 156 Å². The molecule has 4 nitrogen and oxygen atoms in total. The number of ketones is 2. The molecule has 0 amide bonds. The van der Waals surface area contributed by atoms with E-state index in [0.717, 1.165) is 57.4 Å². The van der Waals surface area contributed by atoms with E-state index in [1.54, 1.807) is 13.8 Å². The monoisotopic (exact) mass is 642 g/mol. The first-order valence-corrected chi connectivity index (χ1v) is 19.4. The Kier molecular flexibility index (Phi) is 17.4. The van der Waals surface area contributed by atoms with E-state index in [0.29, 0.717) is 23.0 Å². The Morgan fingerprint density at radius 3 is 1.09 bits per heavy atom. The van der Waals surface area contributed by atoms with Crippen molar-refractivity contribution in [1.29, 1.82) is 0 Å². The van der Waals surface area contributed by atoms with Gasteiger partial charge in [0.05, 0.1) is 32.4 Å². The maximum Gasteiger partial charge on any atom is 0.180 e. The first-order chi connectivity index (χ1) is 21.5. The van der Waals surface area contributed by atoms with E-state index >= 15 is 0 Å². The van der Waals surface area contributed by atoms with Crippen LogP contribution in [0, 0.1) is 0 Å². The number of benzene rings is 1. The van der Waals surface area contributed by atoms with Gasteiger partial charge in [0.25, 0.3) is 0 Å². The van der Waals surface area contributed by atoms with Gasteiger partial charge in [-0.3, -0.25) is 9.59 Å². The van der Waals surface area contributed by atoms with Gasteiger partial charge in [-0.2, -0.15) is 0 Å². The highest BCUT2D eigenvalue weighted by atomic mass is 32.1. The number of thiophene rings is 2. The lowest BCUT2D eigenvalue weighted by molar-refractivity contribution is 0.101. The van der Waals surface area contributed by atoms with E-state index in [1.165, 1.54) is 125 Å². The van der Waals surface area contributed by atoms with Crippen LogP contribution in [0.2, 0.25) is 0 Å². The molecule has 0 saturated heterocycles. The summed E-state index contributed by atoms with van der Waals surface area (Å²) in [7, 11) is 0. The molecule has 1 aromatic carbocycles. The number of hydrogen-bond donors (Lipinski definition) is 0. The molecule has 3 rings (SSSR count). The molecule has 0 aliphatic rings. The molecular formula is C38H58O4S2. The number of fused-ring (bicyclic) bond motifs is 3. The van der Waals surface area contributed by atoms with E-state index in [4.69, 9.17) is 9.47 Å². The molecule has 6 heteroatoms. The predicted octanol–water partition coefficient (Wildman–Crippen LogP) is 13.1.